The Morgan fingerprint density at radius 2 is 2.05 bits per heavy atom. The summed E-state index contributed by atoms with van der Waals surface area (Å²) in [5.41, 5.74) is 1.64. The second kappa shape index (κ2) is 5.96. The number of nitrogens with one attached hydrogen (secondary N) is 1. The first-order chi connectivity index (χ1) is 8.96. The topological polar surface area (TPSA) is 21.3 Å². The molecule has 0 fully saturated rings. The minimum atomic E-state index is 0.279. The van der Waals surface area contributed by atoms with Crippen LogP contribution in [0.3, 0.4) is 0 Å². The van der Waals surface area contributed by atoms with Gasteiger partial charge in [-0.3, -0.25) is 0 Å². The van der Waals surface area contributed by atoms with Crippen molar-refractivity contribution in [2.75, 3.05) is 13.1 Å². The van der Waals surface area contributed by atoms with Gasteiger partial charge in [0.1, 0.15) is 11.9 Å². The van der Waals surface area contributed by atoms with Gasteiger partial charge in [0.15, 0.2) is 0 Å². The maximum absolute atomic E-state index is 6.04. The maximum atomic E-state index is 6.04. The second-order valence-corrected chi connectivity index (χ2v) is 6.94. The van der Waals surface area contributed by atoms with Crippen LogP contribution < -0.4 is 10.1 Å². The quantitative estimate of drug-likeness (QED) is 0.844. The number of ether oxygens (including phenoxy) is 1. The van der Waals surface area contributed by atoms with Gasteiger partial charge in [-0.05, 0) is 35.9 Å². The molecule has 0 spiro atoms. The van der Waals surface area contributed by atoms with Gasteiger partial charge in [-0.15, -0.1) is 0 Å². The van der Waals surface area contributed by atoms with Crippen LogP contribution in [0, 0.1) is 11.3 Å². The molecule has 1 aromatic carbocycles. The highest BCUT2D eigenvalue weighted by Crippen LogP contribution is 2.33. The van der Waals surface area contributed by atoms with E-state index in [9.17, 15) is 0 Å². The Bertz CT molecular complexity index is 386. The Morgan fingerprint density at radius 3 is 2.74 bits per heavy atom. The van der Waals surface area contributed by atoms with Crippen LogP contribution in [0.1, 0.15) is 39.7 Å². The Morgan fingerprint density at radius 1 is 1.32 bits per heavy atom. The second-order valence-electron chi connectivity index (χ2n) is 6.94. The first-order valence-corrected chi connectivity index (χ1v) is 7.41. The molecule has 1 aliphatic rings. The molecule has 0 radical (unpaired) electrons. The molecule has 0 bridgehead atoms. The number of fused-ring (bicyclic) bond motifs is 1. The maximum Gasteiger partial charge on any atom is 0.123 e. The molecule has 106 valence electrons. The predicted molar refractivity (Wildman–Crippen MR) is 80.7 cm³/mol. The summed E-state index contributed by atoms with van der Waals surface area (Å²) in [5, 5.41) is 3.56. The van der Waals surface area contributed by atoms with Crippen LogP contribution in [0.5, 0.6) is 5.75 Å². The number of para-hydroxylation sites is 1. The van der Waals surface area contributed by atoms with Gasteiger partial charge in [0.2, 0.25) is 0 Å². The average molecular weight is 261 g/mol. The van der Waals surface area contributed by atoms with Gasteiger partial charge >= 0.3 is 0 Å². The zero-order chi connectivity index (χ0) is 13.9. The largest absolute Gasteiger partial charge is 0.490 e. The summed E-state index contributed by atoms with van der Waals surface area (Å²) in [6, 6.07) is 8.41. The van der Waals surface area contributed by atoms with E-state index in [0.29, 0.717) is 12.0 Å². The number of hydrogen-bond acceptors (Lipinski definition) is 2. The molecule has 0 aromatic heterocycles. The van der Waals surface area contributed by atoms with Gasteiger partial charge < -0.3 is 10.1 Å². The van der Waals surface area contributed by atoms with Crippen molar-refractivity contribution in [3.05, 3.63) is 29.8 Å². The van der Waals surface area contributed by atoms with Gasteiger partial charge in [0, 0.05) is 13.0 Å². The van der Waals surface area contributed by atoms with Crippen LogP contribution >= 0.6 is 0 Å². The molecule has 0 amide bonds. The fraction of sp³-hybridized carbons (Fsp3) is 0.647. The molecule has 1 atom stereocenters. The summed E-state index contributed by atoms with van der Waals surface area (Å²) in [7, 11) is 0. The average Bonchev–Trinajstić information content (AvgIpc) is 2.68. The molecule has 1 N–H and O–H groups in total. The summed E-state index contributed by atoms with van der Waals surface area (Å²) >= 11 is 0. The van der Waals surface area contributed by atoms with Gasteiger partial charge in [0.25, 0.3) is 0 Å². The molecule has 0 saturated heterocycles. The van der Waals surface area contributed by atoms with Crippen LogP contribution in [0.15, 0.2) is 24.3 Å². The lowest BCUT2D eigenvalue weighted by molar-refractivity contribution is 0.154. The molecule has 1 aliphatic heterocycles. The third-order valence-corrected chi connectivity index (χ3v) is 3.65. The van der Waals surface area contributed by atoms with Crippen molar-refractivity contribution in [2.24, 2.45) is 11.3 Å². The molecule has 19 heavy (non-hydrogen) atoms. The normalized spacial score (nSPS) is 18.5. The van der Waals surface area contributed by atoms with E-state index in [2.05, 4.69) is 57.3 Å². The van der Waals surface area contributed by atoms with E-state index >= 15 is 0 Å². The molecule has 2 heteroatoms. The minimum Gasteiger partial charge on any atom is -0.490 e. The minimum absolute atomic E-state index is 0.279. The van der Waals surface area contributed by atoms with E-state index < -0.39 is 0 Å². The van der Waals surface area contributed by atoms with Crippen molar-refractivity contribution in [1.29, 1.82) is 0 Å². The molecule has 1 heterocycles. The van der Waals surface area contributed by atoms with Crippen LogP contribution in [0.4, 0.5) is 0 Å². The van der Waals surface area contributed by atoms with E-state index in [1.54, 1.807) is 0 Å². The van der Waals surface area contributed by atoms with Crippen LogP contribution in [0.2, 0.25) is 0 Å². The third kappa shape index (κ3) is 4.24. The lowest BCUT2D eigenvalue weighted by atomic mass is 9.85. The summed E-state index contributed by atoms with van der Waals surface area (Å²) in [4.78, 5) is 0. The monoisotopic (exact) mass is 261 g/mol. The van der Waals surface area contributed by atoms with E-state index in [4.69, 9.17) is 4.74 Å². The van der Waals surface area contributed by atoms with Gasteiger partial charge in [-0.2, -0.15) is 0 Å². The smallest absolute Gasteiger partial charge is 0.123 e. The lowest BCUT2D eigenvalue weighted by Crippen LogP contribution is -2.35. The standard InChI is InChI=1S/C17H27NO/c1-13(2)11-18-12-17(3,4)10-15-9-14-7-5-6-8-16(14)19-15/h5-8,13,15,18H,9-12H2,1-4H3. The van der Waals surface area contributed by atoms with Crippen molar-refractivity contribution in [1.82, 2.24) is 5.32 Å². The van der Waals surface area contributed by atoms with Crippen LogP contribution in [-0.2, 0) is 6.42 Å². The molecular formula is C17H27NO. The molecular weight excluding hydrogens is 234 g/mol. The zero-order valence-corrected chi connectivity index (χ0v) is 12.7. The fourth-order valence-corrected chi connectivity index (χ4v) is 2.76. The van der Waals surface area contributed by atoms with Crippen LogP contribution in [-0.4, -0.2) is 19.2 Å². The van der Waals surface area contributed by atoms with Gasteiger partial charge in [-0.1, -0.05) is 45.9 Å². The fourth-order valence-electron chi connectivity index (χ4n) is 2.76. The number of rotatable bonds is 6. The summed E-state index contributed by atoms with van der Waals surface area (Å²) in [5.74, 6) is 1.79. The summed E-state index contributed by atoms with van der Waals surface area (Å²) in [6.07, 6.45) is 2.50. The van der Waals surface area contributed by atoms with Gasteiger partial charge in [0.05, 0.1) is 0 Å². The highest BCUT2D eigenvalue weighted by Gasteiger charge is 2.29. The first kappa shape index (κ1) is 14.4. The Balaban J connectivity index is 1.82. The Labute approximate surface area is 117 Å². The lowest BCUT2D eigenvalue weighted by Gasteiger charge is -2.28. The van der Waals surface area contributed by atoms with E-state index in [1.807, 2.05) is 0 Å². The molecule has 0 saturated carbocycles. The van der Waals surface area contributed by atoms with Crippen molar-refractivity contribution in [3.63, 3.8) is 0 Å². The van der Waals surface area contributed by atoms with Crippen molar-refractivity contribution in [2.45, 2.75) is 46.6 Å². The predicted octanol–water partition coefficient (Wildman–Crippen LogP) is 3.65. The van der Waals surface area contributed by atoms with Crippen molar-refractivity contribution < 1.29 is 4.74 Å². The Hall–Kier alpha value is -1.02. The highest BCUT2D eigenvalue weighted by atomic mass is 16.5. The molecule has 0 aliphatic carbocycles. The molecule has 1 unspecified atom stereocenters. The SMILES string of the molecule is CC(C)CNCC(C)(C)CC1Cc2ccccc2O1. The van der Waals surface area contributed by atoms with E-state index in [-0.39, 0.29) is 5.41 Å². The van der Waals surface area contributed by atoms with E-state index in [0.717, 1.165) is 31.7 Å². The van der Waals surface area contributed by atoms with Crippen LogP contribution in [0.25, 0.3) is 0 Å². The Kier molecular flexibility index (Phi) is 4.51. The number of benzene rings is 1. The third-order valence-electron chi connectivity index (χ3n) is 3.65. The molecule has 2 nitrogen and oxygen atoms in total. The first-order valence-electron chi connectivity index (χ1n) is 7.41. The molecule has 2 rings (SSSR count). The zero-order valence-electron chi connectivity index (χ0n) is 12.7. The van der Waals surface area contributed by atoms with Crippen molar-refractivity contribution >= 4 is 0 Å². The van der Waals surface area contributed by atoms with Gasteiger partial charge in [-0.25, -0.2) is 0 Å². The summed E-state index contributed by atoms with van der Waals surface area (Å²) < 4.78 is 6.04. The van der Waals surface area contributed by atoms with E-state index in [1.165, 1.54) is 5.56 Å². The number of hydrogen-bond donors (Lipinski definition) is 1. The summed E-state index contributed by atoms with van der Waals surface area (Å²) in [6.45, 7) is 11.3. The molecule has 1 aromatic rings. The van der Waals surface area contributed by atoms with Crippen molar-refractivity contribution in [3.8, 4) is 5.75 Å². The highest BCUT2D eigenvalue weighted by molar-refractivity contribution is 5.37.